The average Bonchev–Trinajstić information content (AvgIpc) is 2.72. The Labute approximate surface area is 176 Å². The van der Waals surface area contributed by atoms with E-state index in [2.05, 4.69) is 15.0 Å². The smallest absolute Gasteiger partial charge is 0.258 e. The van der Waals surface area contributed by atoms with E-state index in [0.717, 1.165) is 0 Å². The Morgan fingerprint density at radius 1 is 1.07 bits per heavy atom. The van der Waals surface area contributed by atoms with Crippen LogP contribution in [0.1, 0.15) is 29.5 Å². The number of rotatable bonds is 5. The van der Waals surface area contributed by atoms with Crippen LogP contribution in [0.25, 0.3) is 21.8 Å². The molecular weight excluding hydrogens is 404 g/mol. The van der Waals surface area contributed by atoms with E-state index in [9.17, 15) is 14.4 Å². The molecule has 0 atom stereocenters. The number of hydrogen-bond donors (Lipinski definition) is 2. The van der Waals surface area contributed by atoms with Crippen molar-refractivity contribution in [3.8, 4) is 0 Å². The number of aromatic nitrogens is 3. The van der Waals surface area contributed by atoms with Crippen LogP contribution in [0.15, 0.2) is 58.1 Å². The fraction of sp³-hybridized carbons (Fsp3) is 0.182. The second-order valence-corrected chi connectivity index (χ2v) is 7.43. The molecule has 30 heavy (non-hydrogen) atoms. The highest BCUT2D eigenvalue weighted by Gasteiger charge is 2.20. The van der Waals surface area contributed by atoms with Crippen molar-refractivity contribution in [3.63, 3.8) is 0 Å². The number of nitrogens with zero attached hydrogens (tertiary/aromatic N) is 2. The second kappa shape index (κ2) is 8.12. The predicted octanol–water partition coefficient (Wildman–Crippen LogP) is 3.47. The van der Waals surface area contributed by atoms with Crippen molar-refractivity contribution in [1.29, 1.82) is 0 Å². The number of halogens is 1. The fourth-order valence-corrected chi connectivity index (χ4v) is 3.66. The number of carbonyl (C=O) groups is 1. The Balaban J connectivity index is 1.75. The van der Waals surface area contributed by atoms with Crippen LogP contribution < -0.4 is 11.1 Å². The molecule has 4 rings (SSSR count). The van der Waals surface area contributed by atoms with Gasteiger partial charge >= 0.3 is 0 Å². The topological polar surface area (TPSA) is 98.9 Å². The molecule has 2 heterocycles. The van der Waals surface area contributed by atoms with Crippen molar-refractivity contribution >= 4 is 39.3 Å². The quantitative estimate of drug-likeness (QED) is 0.514. The minimum absolute atomic E-state index is 0.103. The summed E-state index contributed by atoms with van der Waals surface area (Å²) in [6.45, 7) is 2.50. The molecule has 0 spiro atoms. The third kappa shape index (κ3) is 3.84. The summed E-state index contributed by atoms with van der Waals surface area (Å²) in [7, 11) is 0. The Kier molecular flexibility index (Phi) is 5.37. The third-order valence-corrected chi connectivity index (χ3v) is 5.06. The van der Waals surface area contributed by atoms with Gasteiger partial charge in [-0.25, -0.2) is 4.98 Å². The Morgan fingerprint density at radius 3 is 2.67 bits per heavy atom. The van der Waals surface area contributed by atoms with Gasteiger partial charge in [0.2, 0.25) is 5.56 Å². The molecule has 0 aliphatic carbocycles. The molecule has 4 aromatic rings. The molecule has 152 valence electrons. The van der Waals surface area contributed by atoms with Crippen LogP contribution in [0.4, 0.5) is 0 Å². The summed E-state index contributed by atoms with van der Waals surface area (Å²) < 4.78 is 0. The zero-order valence-electron chi connectivity index (χ0n) is 16.2. The molecule has 7 nitrogen and oxygen atoms in total. The Bertz CT molecular complexity index is 1380. The van der Waals surface area contributed by atoms with Gasteiger partial charge in [0, 0.05) is 28.5 Å². The standard InChI is InChI=1S/C22H19ClN4O3/c1-2-9-27(12-19-24-18-10-13(23)7-8-15(18)21(29)26-19)22(30)16-11-20(28)25-17-6-4-3-5-14(16)17/h3-8,10-11H,2,9,12H2,1H3,(H,25,28)(H,24,26,29). The van der Waals surface area contributed by atoms with E-state index >= 15 is 0 Å². The van der Waals surface area contributed by atoms with E-state index < -0.39 is 0 Å². The molecule has 0 radical (unpaired) electrons. The first-order chi connectivity index (χ1) is 14.5. The number of benzene rings is 2. The summed E-state index contributed by atoms with van der Waals surface area (Å²) in [5.41, 5.74) is 0.731. The van der Waals surface area contributed by atoms with Gasteiger partial charge in [0.15, 0.2) is 0 Å². The number of fused-ring (bicyclic) bond motifs is 2. The minimum atomic E-state index is -0.347. The van der Waals surface area contributed by atoms with E-state index in [1.54, 1.807) is 41.3 Å². The lowest BCUT2D eigenvalue weighted by molar-refractivity contribution is 0.0740. The lowest BCUT2D eigenvalue weighted by Gasteiger charge is -2.22. The highest BCUT2D eigenvalue weighted by atomic mass is 35.5. The van der Waals surface area contributed by atoms with E-state index in [4.69, 9.17) is 11.6 Å². The first-order valence-corrected chi connectivity index (χ1v) is 9.94. The van der Waals surface area contributed by atoms with Gasteiger partial charge in [-0.1, -0.05) is 36.7 Å². The Morgan fingerprint density at radius 2 is 1.87 bits per heavy atom. The zero-order chi connectivity index (χ0) is 21.3. The number of carbonyl (C=O) groups excluding carboxylic acids is 1. The molecule has 2 aromatic carbocycles. The zero-order valence-corrected chi connectivity index (χ0v) is 17.0. The first-order valence-electron chi connectivity index (χ1n) is 9.56. The SMILES string of the molecule is CCCN(Cc1nc2cc(Cl)ccc2c(=O)[nH]1)C(=O)c1cc(=O)[nH]c2ccccc12. The monoisotopic (exact) mass is 422 g/mol. The summed E-state index contributed by atoms with van der Waals surface area (Å²) in [5.74, 6) is 0.0544. The van der Waals surface area contributed by atoms with Crippen LogP contribution in [0, 0.1) is 0 Å². The number of pyridine rings is 1. The van der Waals surface area contributed by atoms with Crippen LogP contribution >= 0.6 is 11.6 Å². The first kappa shape index (κ1) is 19.8. The lowest BCUT2D eigenvalue weighted by atomic mass is 10.1. The van der Waals surface area contributed by atoms with Crippen LogP contribution in [0.2, 0.25) is 5.02 Å². The molecule has 2 aromatic heterocycles. The van der Waals surface area contributed by atoms with E-state index in [1.807, 2.05) is 13.0 Å². The van der Waals surface area contributed by atoms with Gasteiger partial charge in [0.1, 0.15) is 5.82 Å². The van der Waals surface area contributed by atoms with Gasteiger partial charge in [-0.15, -0.1) is 0 Å². The molecule has 0 saturated heterocycles. The fourth-order valence-electron chi connectivity index (χ4n) is 3.49. The van der Waals surface area contributed by atoms with Crippen molar-refractivity contribution in [1.82, 2.24) is 19.9 Å². The van der Waals surface area contributed by atoms with Crippen LogP contribution in [-0.2, 0) is 6.54 Å². The van der Waals surface area contributed by atoms with Crippen molar-refractivity contribution in [2.75, 3.05) is 6.54 Å². The number of aromatic amines is 2. The molecule has 0 aliphatic heterocycles. The van der Waals surface area contributed by atoms with Crippen LogP contribution in [0.3, 0.4) is 0 Å². The van der Waals surface area contributed by atoms with Gasteiger partial charge < -0.3 is 14.9 Å². The maximum atomic E-state index is 13.3. The van der Waals surface area contributed by atoms with Gasteiger partial charge in [-0.2, -0.15) is 0 Å². The van der Waals surface area contributed by atoms with Gasteiger partial charge in [0.05, 0.1) is 23.0 Å². The largest absolute Gasteiger partial charge is 0.331 e. The third-order valence-electron chi connectivity index (χ3n) is 4.82. The second-order valence-electron chi connectivity index (χ2n) is 6.99. The lowest BCUT2D eigenvalue weighted by Crippen LogP contribution is -2.33. The molecular formula is C22H19ClN4O3. The molecule has 2 N–H and O–H groups in total. The van der Waals surface area contributed by atoms with Crippen molar-refractivity contribution in [2.45, 2.75) is 19.9 Å². The van der Waals surface area contributed by atoms with Crippen LogP contribution in [-0.4, -0.2) is 32.3 Å². The van der Waals surface area contributed by atoms with Gasteiger partial charge in [0.25, 0.3) is 11.5 Å². The van der Waals surface area contributed by atoms with Gasteiger partial charge in [-0.3, -0.25) is 14.4 Å². The Hall–Kier alpha value is -3.45. The average molecular weight is 423 g/mol. The number of para-hydroxylation sites is 1. The summed E-state index contributed by atoms with van der Waals surface area (Å²) in [5, 5.41) is 1.56. The van der Waals surface area contributed by atoms with Crippen LogP contribution in [0.5, 0.6) is 0 Å². The van der Waals surface area contributed by atoms with E-state index in [-0.39, 0.29) is 23.6 Å². The molecule has 8 heteroatoms. The molecule has 0 unspecified atom stereocenters. The number of amides is 1. The summed E-state index contributed by atoms with van der Waals surface area (Å²) in [6, 6.07) is 13.3. The molecule has 0 saturated carbocycles. The summed E-state index contributed by atoms with van der Waals surface area (Å²) in [6.07, 6.45) is 0.705. The maximum absolute atomic E-state index is 13.3. The number of nitrogens with one attached hydrogen (secondary N) is 2. The van der Waals surface area contributed by atoms with Crippen molar-refractivity contribution < 1.29 is 4.79 Å². The highest BCUT2D eigenvalue weighted by molar-refractivity contribution is 6.31. The maximum Gasteiger partial charge on any atom is 0.258 e. The summed E-state index contributed by atoms with van der Waals surface area (Å²) >= 11 is 6.03. The van der Waals surface area contributed by atoms with E-state index in [0.29, 0.717) is 51.2 Å². The highest BCUT2D eigenvalue weighted by Crippen LogP contribution is 2.19. The molecule has 0 fully saturated rings. The number of H-pyrrole nitrogens is 2. The summed E-state index contributed by atoms with van der Waals surface area (Å²) in [4.78, 5) is 49.4. The predicted molar refractivity (Wildman–Crippen MR) is 117 cm³/mol. The number of hydrogen-bond acceptors (Lipinski definition) is 4. The molecule has 0 bridgehead atoms. The van der Waals surface area contributed by atoms with E-state index in [1.165, 1.54) is 6.07 Å². The van der Waals surface area contributed by atoms with Crippen molar-refractivity contribution in [2.24, 2.45) is 0 Å². The normalized spacial score (nSPS) is 11.1. The molecule has 0 aliphatic rings. The molecule has 1 amide bonds. The van der Waals surface area contributed by atoms with Gasteiger partial charge in [-0.05, 0) is 30.7 Å². The minimum Gasteiger partial charge on any atom is -0.331 e. The van der Waals surface area contributed by atoms with Crippen molar-refractivity contribution in [3.05, 3.63) is 85.6 Å².